The van der Waals surface area contributed by atoms with Gasteiger partial charge in [-0.2, -0.15) is 0 Å². The summed E-state index contributed by atoms with van der Waals surface area (Å²) < 4.78 is 5.41. The summed E-state index contributed by atoms with van der Waals surface area (Å²) >= 11 is 0. The monoisotopic (exact) mass is 248 g/mol. The minimum absolute atomic E-state index is 0. The van der Waals surface area contributed by atoms with Crippen molar-refractivity contribution in [1.82, 2.24) is 10.2 Å². The molecule has 0 unspecified atom stereocenters. The third-order valence-corrected chi connectivity index (χ3v) is 3.12. The molecular weight excluding hydrogens is 228 g/mol. The minimum Gasteiger partial charge on any atom is -0.444 e. The summed E-state index contributed by atoms with van der Waals surface area (Å²) in [5.74, 6) is 0. The summed E-state index contributed by atoms with van der Waals surface area (Å²) in [7, 11) is 0. The van der Waals surface area contributed by atoms with Gasteiger partial charge in [0.1, 0.15) is 5.60 Å². The maximum Gasteiger partial charge on any atom is 0.410 e. The van der Waals surface area contributed by atoms with Gasteiger partial charge in [0.15, 0.2) is 0 Å². The Labute approximate surface area is 103 Å². The fourth-order valence-electron chi connectivity index (χ4n) is 2.32. The molecule has 2 fully saturated rings. The Morgan fingerprint density at radius 1 is 1.38 bits per heavy atom. The van der Waals surface area contributed by atoms with Crippen LogP contribution in [-0.2, 0) is 4.74 Å². The van der Waals surface area contributed by atoms with Gasteiger partial charge in [0.25, 0.3) is 0 Å². The molecule has 0 aromatic carbocycles. The van der Waals surface area contributed by atoms with Crippen LogP contribution in [0.2, 0.25) is 0 Å². The van der Waals surface area contributed by atoms with Gasteiger partial charge in [-0.25, -0.2) is 4.79 Å². The molecule has 2 saturated heterocycles. The smallest absolute Gasteiger partial charge is 0.410 e. The first-order valence-corrected chi connectivity index (χ1v) is 5.64. The molecule has 16 heavy (non-hydrogen) atoms. The van der Waals surface area contributed by atoms with E-state index in [9.17, 15) is 4.79 Å². The summed E-state index contributed by atoms with van der Waals surface area (Å²) in [5, 5.41) is 3.24. The van der Waals surface area contributed by atoms with E-state index in [0.29, 0.717) is 0 Å². The van der Waals surface area contributed by atoms with E-state index in [1.54, 1.807) is 0 Å². The summed E-state index contributed by atoms with van der Waals surface area (Å²) in [4.78, 5) is 13.9. The molecule has 0 aliphatic carbocycles. The van der Waals surface area contributed by atoms with Gasteiger partial charge in [-0.05, 0) is 33.6 Å². The Kier molecular flexibility index (Phi) is 3.75. The number of carbonyl (C=O) groups is 1. The molecule has 0 atom stereocenters. The highest BCUT2D eigenvalue weighted by atomic mass is 35.5. The Bertz CT molecular complexity index is 272. The Hall–Kier alpha value is -0.480. The van der Waals surface area contributed by atoms with Crippen molar-refractivity contribution in [2.45, 2.75) is 44.8 Å². The molecule has 94 valence electrons. The summed E-state index contributed by atoms with van der Waals surface area (Å²) in [6, 6.07) is 0. The first-order chi connectivity index (χ1) is 6.93. The van der Waals surface area contributed by atoms with Crippen molar-refractivity contribution in [2.24, 2.45) is 0 Å². The van der Waals surface area contributed by atoms with Crippen LogP contribution >= 0.6 is 12.4 Å². The molecule has 0 aromatic rings. The maximum atomic E-state index is 11.9. The molecule has 1 amide bonds. The van der Waals surface area contributed by atoms with Crippen molar-refractivity contribution in [1.29, 1.82) is 0 Å². The van der Waals surface area contributed by atoms with E-state index in [4.69, 9.17) is 4.74 Å². The van der Waals surface area contributed by atoms with Crippen molar-refractivity contribution in [3.8, 4) is 0 Å². The minimum atomic E-state index is -0.391. The second-order valence-corrected chi connectivity index (χ2v) is 5.56. The second-order valence-electron chi connectivity index (χ2n) is 5.56. The van der Waals surface area contributed by atoms with Crippen LogP contribution in [0, 0.1) is 0 Å². The van der Waals surface area contributed by atoms with E-state index >= 15 is 0 Å². The Balaban J connectivity index is 0.00000128. The van der Waals surface area contributed by atoms with E-state index in [1.807, 2.05) is 25.7 Å². The number of likely N-dealkylation sites (tertiary alicyclic amines) is 1. The zero-order chi connectivity index (χ0) is 11.1. The molecule has 2 heterocycles. The highest BCUT2D eigenvalue weighted by molar-refractivity contribution is 5.85. The normalized spacial score (nSPS) is 22.6. The van der Waals surface area contributed by atoms with Gasteiger partial charge in [-0.3, -0.25) is 4.90 Å². The predicted molar refractivity (Wildman–Crippen MR) is 65.0 cm³/mol. The van der Waals surface area contributed by atoms with Gasteiger partial charge >= 0.3 is 6.09 Å². The van der Waals surface area contributed by atoms with Gasteiger partial charge in [-0.15, -0.1) is 12.4 Å². The predicted octanol–water partition coefficient (Wildman–Crippen LogP) is 1.78. The lowest BCUT2D eigenvalue weighted by Gasteiger charge is -2.46. The molecule has 2 rings (SSSR count). The van der Waals surface area contributed by atoms with Crippen molar-refractivity contribution in [2.75, 3.05) is 19.6 Å². The van der Waals surface area contributed by atoms with Crippen LogP contribution in [-0.4, -0.2) is 41.8 Å². The van der Waals surface area contributed by atoms with E-state index in [0.717, 1.165) is 32.5 Å². The number of amides is 1. The number of rotatable bonds is 0. The fourth-order valence-corrected chi connectivity index (χ4v) is 2.32. The Morgan fingerprint density at radius 3 is 2.44 bits per heavy atom. The molecule has 1 N–H and O–H groups in total. The number of hydrogen-bond donors (Lipinski definition) is 1. The molecule has 5 heteroatoms. The number of nitrogens with zero attached hydrogens (tertiary/aromatic N) is 1. The fraction of sp³-hybridized carbons (Fsp3) is 0.909. The summed E-state index contributed by atoms with van der Waals surface area (Å²) in [6.07, 6.45) is 2.06. The largest absolute Gasteiger partial charge is 0.444 e. The average Bonchev–Trinajstić information content (AvgIpc) is 2.42. The highest BCUT2D eigenvalue weighted by Crippen LogP contribution is 2.33. The number of halogens is 1. The lowest BCUT2D eigenvalue weighted by atomic mass is 9.90. The third-order valence-electron chi connectivity index (χ3n) is 3.12. The summed E-state index contributed by atoms with van der Waals surface area (Å²) in [5.41, 5.74) is -0.319. The molecule has 0 saturated carbocycles. The van der Waals surface area contributed by atoms with Crippen LogP contribution in [0.4, 0.5) is 4.79 Å². The van der Waals surface area contributed by atoms with Crippen LogP contribution in [0.15, 0.2) is 0 Å². The SMILES string of the molecule is CC(C)(C)OC(=O)N1CCCC12CNC2.Cl. The lowest BCUT2D eigenvalue weighted by molar-refractivity contribution is -0.00289. The molecule has 2 aliphatic heterocycles. The molecule has 4 nitrogen and oxygen atoms in total. The Morgan fingerprint density at radius 2 is 2.00 bits per heavy atom. The number of carbonyl (C=O) groups excluding carboxylic acids is 1. The van der Waals surface area contributed by atoms with Crippen LogP contribution in [0.1, 0.15) is 33.6 Å². The van der Waals surface area contributed by atoms with Crippen LogP contribution in [0.3, 0.4) is 0 Å². The van der Waals surface area contributed by atoms with Crippen LogP contribution < -0.4 is 5.32 Å². The molecule has 2 aliphatic rings. The van der Waals surface area contributed by atoms with Crippen molar-refractivity contribution in [3.05, 3.63) is 0 Å². The maximum absolute atomic E-state index is 11.9. The van der Waals surface area contributed by atoms with E-state index < -0.39 is 5.60 Å². The third kappa shape index (κ3) is 2.43. The van der Waals surface area contributed by atoms with Crippen LogP contribution in [0.5, 0.6) is 0 Å². The van der Waals surface area contributed by atoms with Gasteiger partial charge < -0.3 is 10.1 Å². The molecule has 0 bridgehead atoms. The lowest BCUT2D eigenvalue weighted by Crippen LogP contribution is -2.67. The van der Waals surface area contributed by atoms with Crippen LogP contribution in [0.25, 0.3) is 0 Å². The first kappa shape index (κ1) is 13.6. The standard InChI is InChI=1S/C11H20N2O2.ClH/c1-10(2,3)15-9(14)13-6-4-5-11(13)7-12-8-11;/h12H,4-8H2,1-3H3;1H. The highest BCUT2D eigenvalue weighted by Gasteiger charge is 2.49. The first-order valence-electron chi connectivity index (χ1n) is 5.64. The zero-order valence-corrected chi connectivity index (χ0v) is 11.0. The van der Waals surface area contributed by atoms with Gasteiger partial charge in [0.2, 0.25) is 0 Å². The zero-order valence-electron chi connectivity index (χ0n) is 10.2. The van der Waals surface area contributed by atoms with Gasteiger partial charge in [0.05, 0.1) is 5.54 Å². The van der Waals surface area contributed by atoms with E-state index in [-0.39, 0.29) is 24.0 Å². The van der Waals surface area contributed by atoms with Crippen molar-refractivity contribution >= 4 is 18.5 Å². The van der Waals surface area contributed by atoms with Gasteiger partial charge in [0, 0.05) is 19.6 Å². The summed E-state index contributed by atoms with van der Waals surface area (Å²) in [6.45, 7) is 8.42. The van der Waals surface area contributed by atoms with E-state index in [2.05, 4.69) is 5.32 Å². The molecule has 0 aromatic heterocycles. The van der Waals surface area contributed by atoms with Gasteiger partial charge in [-0.1, -0.05) is 0 Å². The number of hydrogen-bond acceptors (Lipinski definition) is 3. The molecular formula is C11H21ClN2O2. The second kappa shape index (κ2) is 4.41. The van der Waals surface area contributed by atoms with Crippen molar-refractivity contribution in [3.63, 3.8) is 0 Å². The van der Waals surface area contributed by atoms with Crippen molar-refractivity contribution < 1.29 is 9.53 Å². The number of ether oxygens (including phenoxy) is 1. The van der Waals surface area contributed by atoms with E-state index in [1.165, 1.54) is 0 Å². The molecule has 0 radical (unpaired) electrons. The number of nitrogens with one attached hydrogen (secondary N) is 1. The quantitative estimate of drug-likeness (QED) is 0.711. The average molecular weight is 249 g/mol. The topological polar surface area (TPSA) is 41.6 Å². The molecule has 1 spiro atoms.